The number of para-hydroxylation sites is 2. The van der Waals surface area contributed by atoms with Crippen molar-refractivity contribution < 1.29 is 9.47 Å². The number of ether oxygens (including phenoxy) is 2. The minimum atomic E-state index is -0.803. The van der Waals surface area contributed by atoms with Gasteiger partial charge in [-0.15, -0.1) is 0 Å². The van der Waals surface area contributed by atoms with E-state index in [0.717, 1.165) is 0 Å². The second kappa shape index (κ2) is 6.95. The van der Waals surface area contributed by atoms with Crippen molar-refractivity contribution in [3.05, 3.63) is 36.4 Å². The first-order valence-corrected chi connectivity index (χ1v) is 7.01. The molecule has 0 aliphatic carbocycles. The van der Waals surface area contributed by atoms with Crippen LogP contribution in [0.1, 0.15) is 6.42 Å². The van der Waals surface area contributed by atoms with E-state index in [1.807, 2.05) is 0 Å². The van der Waals surface area contributed by atoms with Crippen LogP contribution in [0.15, 0.2) is 36.4 Å². The molecule has 0 aliphatic heterocycles. The van der Waals surface area contributed by atoms with E-state index in [2.05, 4.69) is 0 Å². The Hall–Kier alpha value is -2.84. The Morgan fingerprint density at radius 3 is 1.57 bits per heavy atom. The highest BCUT2D eigenvalue weighted by Crippen LogP contribution is 2.31. The van der Waals surface area contributed by atoms with E-state index in [4.69, 9.17) is 43.9 Å². The van der Waals surface area contributed by atoms with E-state index in [9.17, 15) is 0 Å². The number of rotatable bonds is 6. The average molecular weight is 318 g/mol. The van der Waals surface area contributed by atoms with Crippen molar-refractivity contribution in [1.29, 1.82) is 0 Å². The van der Waals surface area contributed by atoms with E-state index in [-0.39, 0.29) is 6.42 Å². The van der Waals surface area contributed by atoms with Crippen molar-refractivity contribution in [3.8, 4) is 11.5 Å². The Morgan fingerprint density at radius 1 is 0.739 bits per heavy atom. The van der Waals surface area contributed by atoms with Gasteiger partial charge in [-0.05, 0) is 24.3 Å². The summed E-state index contributed by atoms with van der Waals surface area (Å²) in [7, 11) is 0. The molecule has 0 heterocycles. The molecule has 2 rings (SSSR count). The molecule has 0 bridgehead atoms. The lowest BCUT2D eigenvalue weighted by Crippen LogP contribution is -2.39. The Balaban J connectivity index is 2.23. The van der Waals surface area contributed by atoms with Crippen LogP contribution < -0.4 is 43.9 Å². The van der Waals surface area contributed by atoms with Gasteiger partial charge in [-0.3, -0.25) is 0 Å². The van der Waals surface area contributed by atoms with Crippen molar-refractivity contribution in [2.24, 2.45) is 11.5 Å². The van der Waals surface area contributed by atoms with Crippen LogP contribution in [0, 0.1) is 0 Å². The zero-order valence-corrected chi connectivity index (χ0v) is 12.6. The molecule has 2 aromatic carbocycles. The molecule has 0 aromatic heterocycles. The fraction of sp³-hybridized carbons (Fsp3) is 0.200. The van der Waals surface area contributed by atoms with Gasteiger partial charge in [-0.2, -0.15) is 0 Å². The molecule has 0 aliphatic rings. The largest absolute Gasteiger partial charge is 0.453 e. The summed E-state index contributed by atoms with van der Waals surface area (Å²) in [5, 5.41) is 0. The van der Waals surface area contributed by atoms with Crippen LogP contribution in [0.25, 0.3) is 0 Å². The average Bonchev–Trinajstić information content (AvgIpc) is 2.48. The summed E-state index contributed by atoms with van der Waals surface area (Å²) in [6.07, 6.45) is -1.24. The number of hydrogen-bond donors (Lipinski definition) is 6. The normalized spacial score (nSPS) is 11.0. The molecule has 124 valence electrons. The van der Waals surface area contributed by atoms with E-state index in [1.54, 1.807) is 36.4 Å². The fourth-order valence-corrected chi connectivity index (χ4v) is 1.95. The van der Waals surface area contributed by atoms with Gasteiger partial charge >= 0.3 is 0 Å². The number of hydrogen-bond acceptors (Lipinski definition) is 8. The van der Waals surface area contributed by atoms with Gasteiger partial charge in [0.05, 0.1) is 28.9 Å². The number of benzene rings is 2. The highest BCUT2D eigenvalue weighted by molar-refractivity contribution is 5.71. The quantitative estimate of drug-likeness (QED) is 0.328. The van der Waals surface area contributed by atoms with Crippen LogP contribution >= 0.6 is 0 Å². The lowest BCUT2D eigenvalue weighted by atomic mass is 10.2. The molecule has 8 heteroatoms. The summed E-state index contributed by atoms with van der Waals surface area (Å²) >= 11 is 0. The molecule has 12 N–H and O–H groups in total. The SMILES string of the molecule is Nc1cccc(OC(CC(N)N)Oc2cccc(N)c2N)c1N. The van der Waals surface area contributed by atoms with Crippen molar-refractivity contribution in [1.82, 2.24) is 0 Å². The van der Waals surface area contributed by atoms with Crippen molar-refractivity contribution in [2.45, 2.75) is 18.9 Å². The van der Waals surface area contributed by atoms with Gasteiger partial charge < -0.3 is 43.9 Å². The first-order valence-electron chi connectivity index (χ1n) is 7.01. The first-order chi connectivity index (χ1) is 10.9. The number of anilines is 4. The lowest BCUT2D eigenvalue weighted by molar-refractivity contribution is -0.00379. The molecule has 0 unspecified atom stereocenters. The zero-order chi connectivity index (χ0) is 17.0. The predicted molar refractivity (Wildman–Crippen MR) is 92.4 cm³/mol. The van der Waals surface area contributed by atoms with E-state index in [0.29, 0.717) is 34.2 Å². The van der Waals surface area contributed by atoms with Gasteiger partial charge in [0.25, 0.3) is 0 Å². The van der Waals surface area contributed by atoms with E-state index >= 15 is 0 Å². The third-order valence-corrected chi connectivity index (χ3v) is 3.18. The van der Waals surface area contributed by atoms with Crippen molar-refractivity contribution in [3.63, 3.8) is 0 Å². The Morgan fingerprint density at radius 2 is 1.17 bits per heavy atom. The standard InChI is InChI=1S/C15H22N6O2/c16-8-3-1-5-10(14(8)20)22-13(7-12(18)19)23-11-6-2-4-9(17)15(11)21/h1-6,12-13H,7,16-21H2. The maximum absolute atomic E-state index is 5.90. The number of nitrogens with two attached hydrogens (primary N) is 6. The smallest absolute Gasteiger partial charge is 0.244 e. The van der Waals surface area contributed by atoms with Crippen molar-refractivity contribution >= 4 is 22.7 Å². The van der Waals surface area contributed by atoms with Gasteiger partial charge in [-0.1, -0.05) is 12.1 Å². The second-order valence-electron chi connectivity index (χ2n) is 5.08. The molecular weight excluding hydrogens is 296 g/mol. The molecule has 23 heavy (non-hydrogen) atoms. The Bertz CT molecular complexity index is 624. The van der Waals surface area contributed by atoms with Gasteiger partial charge in [0, 0.05) is 6.42 Å². The molecule has 0 amide bonds. The Kier molecular flexibility index (Phi) is 4.99. The monoisotopic (exact) mass is 318 g/mol. The number of nitrogen functional groups attached to an aromatic ring is 4. The van der Waals surface area contributed by atoms with Gasteiger partial charge in [-0.25, -0.2) is 0 Å². The second-order valence-corrected chi connectivity index (χ2v) is 5.08. The maximum Gasteiger partial charge on any atom is 0.244 e. The van der Waals surface area contributed by atoms with Crippen LogP contribution in [0.3, 0.4) is 0 Å². The molecule has 0 radical (unpaired) electrons. The predicted octanol–water partition coefficient (Wildman–Crippen LogP) is 0.433. The molecule has 0 saturated heterocycles. The molecule has 0 saturated carbocycles. The summed E-state index contributed by atoms with van der Waals surface area (Å²) in [6.45, 7) is 0. The molecule has 0 atom stereocenters. The molecule has 0 spiro atoms. The summed E-state index contributed by atoms with van der Waals surface area (Å²) < 4.78 is 11.5. The van der Waals surface area contributed by atoms with Gasteiger partial charge in [0.2, 0.25) is 6.29 Å². The lowest BCUT2D eigenvalue weighted by Gasteiger charge is -2.24. The molecular formula is C15H22N6O2. The molecule has 0 fully saturated rings. The molecule has 2 aromatic rings. The Labute approximate surface area is 134 Å². The molecule has 8 nitrogen and oxygen atoms in total. The van der Waals surface area contributed by atoms with Gasteiger partial charge in [0.1, 0.15) is 11.5 Å². The fourth-order valence-electron chi connectivity index (χ4n) is 1.95. The maximum atomic E-state index is 5.90. The third kappa shape index (κ3) is 4.09. The minimum Gasteiger partial charge on any atom is -0.453 e. The minimum absolute atomic E-state index is 0.211. The summed E-state index contributed by atoms with van der Waals surface area (Å²) in [5.74, 6) is 0.747. The third-order valence-electron chi connectivity index (χ3n) is 3.18. The summed E-state index contributed by atoms with van der Waals surface area (Å²) in [6, 6.07) is 10.1. The first kappa shape index (κ1) is 16.5. The highest BCUT2D eigenvalue weighted by Gasteiger charge is 2.19. The van der Waals surface area contributed by atoms with Crippen LogP contribution in [0.2, 0.25) is 0 Å². The zero-order valence-electron chi connectivity index (χ0n) is 12.6. The van der Waals surface area contributed by atoms with Crippen LogP contribution in [-0.2, 0) is 0 Å². The topological polar surface area (TPSA) is 175 Å². The van der Waals surface area contributed by atoms with Crippen LogP contribution in [-0.4, -0.2) is 12.5 Å². The summed E-state index contributed by atoms with van der Waals surface area (Å²) in [5.41, 5.74) is 36.0. The van der Waals surface area contributed by atoms with Crippen molar-refractivity contribution in [2.75, 3.05) is 22.9 Å². The van der Waals surface area contributed by atoms with E-state index < -0.39 is 12.5 Å². The van der Waals surface area contributed by atoms with Crippen LogP contribution in [0.4, 0.5) is 22.7 Å². The van der Waals surface area contributed by atoms with E-state index in [1.165, 1.54) is 0 Å². The van der Waals surface area contributed by atoms with Gasteiger partial charge in [0.15, 0.2) is 0 Å². The summed E-state index contributed by atoms with van der Waals surface area (Å²) in [4.78, 5) is 0. The van der Waals surface area contributed by atoms with Crippen LogP contribution in [0.5, 0.6) is 11.5 Å². The highest BCUT2D eigenvalue weighted by atomic mass is 16.7.